The number of hydrogen-bond acceptors (Lipinski definition) is 3. The van der Waals surface area contributed by atoms with Crippen molar-refractivity contribution < 1.29 is 13.9 Å². The molecule has 0 aliphatic heterocycles. The lowest BCUT2D eigenvalue weighted by Crippen LogP contribution is -2.20. The van der Waals surface area contributed by atoms with Crippen molar-refractivity contribution in [3.63, 3.8) is 0 Å². The molecule has 0 spiro atoms. The van der Waals surface area contributed by atoms with Crippen LogP contribution in [0.3, 0.4) is 0 Å². The predicted octanol–water partition coefficient (Wildman–Crippen LogP) is 4.39. The Labute approximate surface area is 159 Å². The van der Waals surface area contributed by atoms with Gasteiger partial charge in [-0.1, -0.05) is 29.3 Å². The molecule has 0 saturated heterocycles. The summed E-state index contributed by atoms with van der Waals surface area (Å²) in [5, 5.41) is 8.00. The molecule has 1 N–H and O–H groups in total. The Hall–Kier alpha value is -2.57. The molecule has 1 heterocycles. The smallest absolute Gasteiger partial charge is 0.263 e. The summed E-state index contributed by atoms with van der Waals surface area (Å²) in [5.41, 5.74) is 0.858. The van der Waals surface area contributed by atoms with E-state index in [-0.39, 0.29) is 18.3 Å². The highest BCUT2D eigenvalue weighted by Gasteiger charge is 2.08. The first-order valence-electron chi connectivity index (χ1n) is 7.65. The monoisotopic (exact) mass is 393 g/mol. The van der Waals surface area contributed by atoms with Crippen molar-refractivity contribution in [2.45, 2.75) is 6.54 Å². The molecule has 1 amide bonds. The first kappa shape index (κ1) is 18.2. The standard InChI is InChI=1S/C18H14Cl2FN3O2/c19-13-2-1-12(16(20)9-13)10-24-8-7-17(23-24)22-18(25)11-26-15-5-3-14(21)4-6-15/h1-9H,10-11H2,(H,22,23,25). The Balaban J connectivity index is 1.54. The minimum absolute atomic E-state index is 0.207. The molecule has 3 aromatic rings. The van der Waals surface area contributed by atoms with Crippen LogP contribution in [0.2, 0.25) is 10.0 Å². The number of amides is 1. The third-order valence-electron chi connectivity index (χ3n) is 3.44. The Kier molecular flexibility index (Phi) is 5.75. The quantitative estimate of drug-likeness (QED) is 0.675. The average Bonchev–Trinajstić information content (AvgIpc) is 3.04. The molecule has 0 bridgehead atoms. The number of aromatic nitrogens is 2. The number of ether oxygens (including phenoxy) is 1. The van der Waals surface area contributed by atoms with Crippen molar-refractivity contribution in [2.75, 3.05) is 11.9 Å². The lowest BCUT2D eigenvalue weighted by Gasteiger charge is -2.06. The lowest BCUT2D eigenvalue weighted by molar-refractivity contribution is -0.118. The van der Waals surface area contributed by atoms with E-state index in [1.165, 1.54) is 24.3 Å². The Morgan fingerprint density at radius 1 is 1.15 bits per heavy atom. The van der Waals surface area contributed by atoms with Gasteiger partial charge in [0.2, 0.25) is 0 Å². The molecule has 0 aliphatic rings. The minimum Gasteiger partial charge on any atom is -0.484 e. The van der Waals surface area contributed by atoms with Crippen molar-refractivity contribution >= 4 is 34.9 Å². The number of carbonyl (C=O) groups excluding carboxylic acids is 1. The van der Waals surface area contributed by atoms with Gasteiger partial charge in [0.15, 0.2) is 12.4 Å². The molecule has 0 aliphatic carbocycles. The molecule has 0 atom stereocenters. The zero-order chi connectivity index (χ0) is 18.5. The molecule has 3 rings (SSSR count). The summed E-state index contributed by atoms with van der Waals surface area (Å²) in [6, 6.07) is 12.3. The molecular formula is C18H14Cl2FN3O2. The van der Waals surface area contributed by atoms with E-state index in [0.717, 1.165) is 5.56 Å². The molecule has 1 aromatic heterocycles. The third-order valence-corrected chi connectivity index (χ3v) is 4.03. The summed E-state index contributed by atoms with van der Waals surface area (Å²) in [6.45, 7) is 0.236. The maximum Gasteiger partial charge on any atom is 0.263 e. The van der Waals surface area contributed by atoms with E-state index in [0.29, 0.717) is 28.2 Å². The van der Waals surface area contributed by atoms with Crippen molar-refractivity contribution in [3.05, 3.63) is 76.2 Å². The normalized spacial score (nSPS) is 10.6. The Morgan fingerprint density at radius 3 is 2.65 bits per heavy atom. The van der Waals surface area contributed by atoms with Gasteiger partial charge >= 0.3 is 0 Å². The Bertz CT molecular complexity index is 913. The topological polar surface area (TPSA) is 56.1 Å². The predicted molar refractivity (Wildman–Crippen MR) is 98.3 cm³/mol. The van der Waals surface area contributed by atoms with E-state index in [1.54, 1.807) is 29.1 Å². The highest BCUT2D eigenvalue weighted by atomic mass is 35.5. The number of benzene rings is 2. The largest absolute Gasteiger partial charge is 0.484 e. The van der Waals surface area contributed by atoms with Gasteiger partial charge in [-0.3, -0.25) is 9.48 Å². The zero-order valence-electron chi connectivity index (χ0n) is 13.5. The van der Waals surface area contributed by atoms with Crippen LogP contribution in [-0.4, -0.2) is 22.3 Å². The van der Waals surface area contributed by atoms with Crippen LogP contribution in [0.25, 0.3) is 0 Å². The Morgan fingerprint density at radius 2 is 1.92 bits per heavy atom. The molecule has 0 fully saturated rings. The van der Waals surface area contributed by atoms with Crippen LogP contribution in [0, 0.1) is 5.82 Å². The van der Waals surface area contributed by atoms with E-state index in [1.807, 2.05) is 6.07 Å². The first-order valence-corrected chi connectivity index (χ1v) is 8.41. The van der Waals surface area contributed by atoms with Crippen LogP contribution in [0.15, 0.2) is 54.7 Å². The van der Waals surface area contributed by atoms with Crippen LogP contribution < -0.4 is 10.1 Å². The van der Waals surface area contributed by atoms with E-state index in [9.17, 15) is 9.18 Å². The van der Waals surface area contributed by atoms with Crippen LogP contribution in [0.1, 0.15) is 5.56 Å². The minimum atomic E-state index is -0.371. The first-order chi connectivity index (χ1) is 12.5. The fourth-order valence-electron chi connectivity index (χ4n) is 2.20. The molecule has 5 nitrogen and oxygen atoms in total. The fourth-order valence-corrected chi connectivity index (χ4v) is 2.67. The number of hydrogen-bond donors (Lipinski definition) is 1. The molecule has 8 heteroatoms. The lowest BCUT2D eigenvalue weighted by atomic mass is 10.2. The van der Waals surface area contributed by atoms with Gasteiger partial charge in [-0.2, -0.15) is 5.10 Å². The van der Waals surface area contributed by atoms with Crippen molar-refractivity contribution in [3.8, 4) is 5.75 Å². The molecule has 0 saturated carbocycles. The molecule has 0 radical (unpaired) electrons. The summed E-state index contributed by atoms with van der Waals surface area (Å²) in [7, 11) is 0. The van der Waals surface area contributed by atoms with Gasteiger partial charge in [0.1, 0.15) is 11.6 Å². The molecule has 134 valence electrons. The number of nitrogens with zero attached hydrogens (tertiary/aromatic N) is 2. The van der Waals surface area contributed by atoms with Crippen molar-refractivity contribution in [1.29, 1.82) is 0 Å². The maximum absolute atomic E-state index is 12.8. The second kappa shape index (κ2) is 8.21. The average molecular weight is 394 g/mol. The second-order valence-corrected chi connectivity index (χ2v) is 6.27. The van der Waals surface area contributed by atoms with Crippen molar-refractivity contribution in [1.82, 2.24) is 9.78 Å². The van der Waals surface area contributed by atoms with E-state index in [2.05, 4.69) is 10.4 Å². The summed E-state index contributed by atoms with van der Waals surface area (Å²) in [4.78, 5) is 11.9. The molecule has 2 aromatic carbocycles. The SMILES string of the molecule is O=C(COc1ccc(F)cc1)Nc1ccn(Cc2ccc(Cl)cc2Cl)n1. The highest BCUT2D eigenvalue weighted by molar-refractivity contribution is 6.35. The summed E-state index contributed by atoms with van der Waals surface area (Å²) in [5.74, 6) is 0.0597. The molecule has 0 unspecified atom stereocenters. The van der Waals surface area contributed by atoms with Crippen LogP contribution in [0.4, 0.5) is 10.2 Å². The van der Waals surface area contributed by atoms with Crippen molar-refractivity contribution in [2.24, 2.45) is 0 Å². The molecule has 26 heavy (non-hydrogen) atoms. The highest BCUT2D eigenvalue weighted by Crippen LogP contribution is 2.21. The van der Waals surface area contributed by atoms with Gasteiger partial charge in [0.25, 0.3) is 5.91 Å². The van der Waals surface area contributed by atoms with Gasteiger partial charge in [0.05, 0.1) is 6.54 Å². The summed E-state index contributed by atoms with van der Waals surface area (Å²) in [6.07, 6.45) is 1.72. The van der Waals surface area contributed by atoms with Gasteiger partial charge in [-0.05, 0) is 42.0 Å². The van der Waals surface area contributed by atoms with Crippen LogP contribution in [0.5, 0.6) is 5.75 Å². The van der Waals surface area contributed by atoms with Crippen LogP contribution in [-0.2, 0) is 11.3 Å². The van der Waals surface area contributed by atoms with E-state index in [4.69, 9.17) is 27.9 Å². The molecular weight excluding hydrogens is 380 g/mol. The third kappa shape index (κ3) is 4.97. The number of carbonyl (C=O) groups is 1. The second-order valence-electron chi connectivity index (χ2n) is 5.43. The number of anilines is 1. The zero-order valence-corrected chi connectivity index (χ0v) is 15.0. The maximum atomic E-state index is 12.8. The number of halogens is 3. The van der Waals surface area contributed by atoms with Gasteiger partial charge < -0.3 is 10.1 Å². The van der Waals surface area contributed by atoms with Crippen LogP contribution >= 0.6 is 23.2 Å². The van der Waals surface area contributed by atoms with E-state index < -0.39 is 0 Å². The van der Waals surface area contributed by atoms with Gasteiger partial charge in [0, 0.05) is 22.3 Å². The summed E-state index contributed by atoms with van der Waals surface area (Å²) >= 11 is 12.0. The fraction of sp³-hybridized carbons (Fsp3) is 0.111. The van der Waals surface area contributed by atoms with E-state index >= 15 is 0 Å². The van der Waals surface area contributed by atoms with Gasteiger partial charge in [-0.15, -0.1) is 0 Å². The summed E-state index contributed by atoms with van der Waals surface area (Å²) < 4.78 is 19.7. The number of rotatable bonds is 6. The number of nitrogens with one attached hydrogen (secondary N) is 1. The van der Waals surface area contributed by atoms with Gasteiger partial charge in [-0.25, -0.2) is 4.39 Å².